The number of methoxy groups -OCH3 is 1. The number of aliphatic hydroxyl groups excluding tert-OH is 2. The highest BCUT2D eigenvalue weighted by molar-refractivity contribution is 5.73. The van der Waals surface area contributed by atoms with E-state index in [1.807, 2.05) is 39.8 Å². The van der Waals surface area contributed by atoms with Crippen LogP contribution in [-0.2, 0) is 28.5 Å². The van der Waals surface area contributed by atoms with Crippen LogP contribution < -0.4 is 0 Å². The molecule has 2 aliphatic heterocycles. The molecule has 2 fully saturated rings. The minimum atomic E-state index is -1.44. The van der Waals surface area contributed by atoms with E-state index in [1.165, 1.54) is 0 Å². The van der Waals surface area contributed by atoms with Gasteiger partial charge in [0.2, 0.25) is 0 Å². The Labute approximate surface area is 247 Å². The number of carbonyl (C=O) groups excluding carboxylic acids is 2. The lowest BCUT2D eigenvalue weighted by Gasteiger charge is -2.45. The van der Waals surface area contributed by atoms with Crippen molar-refractivity contribution in [3.8, 4) is 0 Å². The predicted molar refractivity (Wildman–Crippen MR) is 155 cm³/mol. The van der Waals surface area contributed by atoms with Crippen molar-refractivity contribution in [2.45, 2.75) is 135 Å². The Morgan fingerprint density at radius 2 is 1.71 bits per heavy atom. The van der Waals surface area contributed by atoms with Gasteiger partial charge in [0.25, 0.3) is 0 Å². The smallest absolute Gasteiger partial charge is 0.311 e. The second-order valence-corrected chi connectivity index (χ2v) is 13.2. The molecule has 0 aromatic rings. The molecule has 0 saturated carbocycles. The number of aliphatic hydroxyl groups is 3. The summed E-state index contributed by atoms with van der Waals surface area (Å²) in [5, 5.41) is 34.3. The van der Waals surface area contributed by atoms with Gasteiger partial charge in [-0.2, -0.15) is 0 Å². The van der Waals surface area contributed by atoms with Gasteiger partial charge in [-0.25, -0.2) is 0 Å². The zero-order valence-electron chi connectivity index (χ0n) is 26.9. The number of hydrogen-bond donors (Lipinski definition) is 3. The van der Waals surface area contributed by atoms with E-state index in [2.05, 4.69) is 6.92 Å². The monoisotopic (exact) mass is 587 g/mol. The molecule has 0 aliphatic carbocycles. The summed E-state index contributed by atoms with van der Waals surface area (Å²) < 4.78 is 24.4. The highest BCUT2D eigenvalue weighted by Gasteiger charge is 2.47. The molecule has 0 bridgehead atoms. The first-order valence-corrected chi connectivity index (χ1v) is 15.3. The summed E-state index contributed by atoms with van der Waals surface area (Å²) in [5.74, 6) is -2.57. The Bertz CT molecular complexity index is 823. The number of cyclic esters (lactones) is 1. The fourth-order valence-corrected chi connectivity index (χ4v) is 7.06. The molecule has 2 heterocycles. The minimum absolute atomic E-state index is 0.0663. The molecule has 3 N–H and O–H groups in total. The van der Waals surface area contributed by atoms with Gasteiger partial charge in [0, 0.05) is 31.4 Å². The largest absolute Gasteiger partial charge is 0.459 e. The lowest BCUT2D eigenvalue weighted by molar-refractivity contribution is -0.289. The van der Waals surface area contributed by atoms with Crippen LogP contribution in [0.15, 0.2) is 0 Å². The third kappa shape index (κ3) is 8.71. The Hall–Kier alpha value is -1.14. The lowest BCUT2D eigenvalue weighted by atomic mass is 9.71. The Balaban J connectivity index is 2.51. The van der Waals surface area contributed by atoms with Crippen LogP contribution in [-0.4, -0.2) is 108 Å². The van der Waals surface area contributed by atoms with Crippen LogP contribution in [0, 0.1) is 29.6 Å². The summed E-state index contributed by atoms with van der Waals surface area (Å²) in [6.45, 7) is 12.9. The standard InChI is InChI=1S/C31H57NO9/c1-11-25-31(7,37)22(12-13-33)18(3)14-17(2)15-24(38-10)28(20(5)26(34)21(6)29(36)40-25)41-30-27(35)23(32(8)9)16-19(4)39-30/h13,17-28,30,34-35,37H,11-12,14-16H2,1-10H3/t17-,18?,19+,20-,21+,22+,23-,24+,25+,26-,27+,28+,30-,31-/m0/s1. The summed E-state index contributed by atoms with van der Waals surface area (Å²) >= 11 is 0. The molecule has 14 atom stereocenters. The summed E-state index contributed by atoms with van der Waals surface area (Å²) in [7, 11) is 5.40. The molecule has 41 heavy (non-hydrogen) atoms. The van der Waals surface area contributed by atoms with Crippen molar-refractivity contribution in [1.82, 2.24) is 4.90 Å². The first-order chi connectivity index (χ1) is 19.1. The van der Waals surface area contributed by atoms with Crippen molar-refractivity contribution in [1.29, 1.82) is 0 Å². The molecule has 0 radical (unpaired) electrons. The van der Waals surface area contributed by atoms with Gasteiger partial charge in [0.05, 0.1) is 30.3 Å². The highest BCUT2D eigenvalue weighted by Crippen LogP contribution is 2.39. The van der Waals surface area contributed by atoms with Crippen LogP contribution in [0.5, 0.6) is 0 Å². The van der Waals surface area contributed by atoms with Gasteiger partial charge in [-0.15, -0.1) is 0 Å². The Morgan fingerprint density at radius 3 is 2.24 bits per heavy atom. The van der Waals surface area contributed by atoms with Gasteiger partial charge >= 0.3 is 5.97 Å². The van der Waals surface area contributed by atoms with Gasteiger partial charge in [-0.1, -0.05) is 27.7 Å². The number of hydrogen-bond acceptors (Lipinski definition) is 10. The molecule has 2 aliphatic rings. The third-order valence-electron chi connectivity index (χ3n) is 9.66. The highest BCUT2D eigenvalue weighted by atomic mass is 16.7. The first-order valence-electron chi connectivity index (χ1n) is 15.3. The fourth-order valence-electron chi connectivity index (χ4n) is 7.06. The number of carbonyl (C=O) groups is 2. The summed E-state index contributed by atoms with van der Waals surface area (Å²) in [6.07, 6.45) is -2.07. The number of likely N-dealkylation sites (N-methyl/N-ethyl adjacent to an activating group) is 1. The maximum absolute atomic E-state index is 13.4. The predicted octanol–water partition coefficient (Wildman–Crippen LogP) is 2.79. The topological polar surface area (TPSA) is 135 Å². The molecule has 0 aromatic carbocycles. The average Bonchev–Trinajstić information content (AvgIpc) is 2.91. The second-order valence-electron chi connectivity index (χ2n) is 13.2. The first kappa shape index (κ1) is 36.1. The normalized spacial score (nSPS) is 45.6. The molecule has 10 heteroatoms. The maximum atomic E-state index is 13.4. The van der Waals surface area contributed by atoms with Crippen molar-refractivity contribution in [2.24, 2.45) is 29.6 Å². The van der Waals surface area contributed by atoms with Crippen LogP contribution in [0.25, 0.3) is 0 Å². The summed E-state index contributed by atoms with van der Waals surface area (Å²) in [6, 6.07) is -0.175. The Morgan fingerprint density at radius 1 is 1.07 bits per heavy atom. The second kappa shape index (κ2) is 15.5. The fraction of sp³-hybridized carbons (Fsp3) is 0.935. The van der Waals surface area contributed by atoms with Crippen molar-refractivity contribution in [3.05, 3.63) is 0 Å². The molecular formula is C31H57NO9. The van der Waals surface area contributed by atoms with Gasteiger partial charge in [0.1, 0.15) is 24.1 Å². The number of aldehydes is 1. The van der Waals surface area contributed by atoms with E-state index >= 15 is 0 Å². The number of ether oxygens (including phenoxy) is 4. The van der Waals surface area contributed by atoms with Gasteiger partial charge in [0.15, 0.2) is 6.29 Å². The zero-order valence-corrected chi connectivity index (χ0v) is 26.9. The summed E-state index contributed by atoms with van der Waals surface area (Å²) in [5.41, 5.74) is -1.44. The third-order valence-corrected chi connectivity index (χ3v) is 9.66. The quantitative estimate of drug-likeness (QED) is 0.301. The van der Waals surface area contributed by atoms with Gasteiger partial charge in [-0.3, -0.25) is 4.79 Å². The van der Waals surface area contributed by atoms with Crippen molar-refractivity contribution >= 4 is 12.3 Å². The molecule has 240 valence electrons. The molecule has 0 aromatic heterocycles. The Kier molecular flexibility index (Phi) is 13.7. The van der Waals surface area contributed by atoms with Crippen LogP contribution in [0.2, 0.25) is 0 Å². The molecule has 1 unspecified atom stereocenters. The molecule has 10 nitrogen and oxygen atoms in total. The van der Waals surface area contributed by atoms with E-state index in [0.29, 0.717) is 25.7 Å². The van der Waals surface area contributed by atoms with Crippen LogP contribution in [0.3, 0.4) is 0 Å². The van der Waals surface area contributed by atoms with E-state index in [0.717, 1.165) is 6.29 Å². The number of rotatable bonds is 7. The van der Waals surface area contributed by atoms with E-state index in [9.17, 15) is 24.9 Å². The van der Waals surface area contributed by atoms with Crippen LogP contribution in [0.4, 0.5) is 0 Å². The van der Waals surface area contributed by atoms with Crippen LogP contribution >= 0.6 is 0 Å². The van der Waals surface area contributed by atoms with E-state index < -0.39 is 66.1 Å². The summed E-state index contributed by atoms with van der Waals surface area (Å²) in [4.78, 5) is 27.0. The van der Waals surface area contributed by atoms with Gasteiger partial charge in [-0.05, 0) is 72.4 Å². The SMILES string of the molecule is CC[C@H]1OC(=O)[C@H](C)[C@@H](O)[C@H](C)[C@@H](O[C@@H]2O[C@H](C)C[C@H](N(C)C)[C@H]2O)[C@H](OC)C[C@@H](C)CC(C)[C@@H](CC=O)[C@]1(C)O. The van der Waals surface area contributed by atoms with Gasteiger partial charge < -0.3 is 44.0 Å². The molecular weight excluding hydrogens is 530 g/mol. The number of nitrogens with zero attached hydrogens (tertiary/aromatic N) is 1. The number of esters is 1. The minimum Gasteiger partial charge on any atom is -0.459 e. The van der Waals surface area contributed by atoms with E-state index in [-0.39, 0.29) is 30.4 Å². The van der Waals surface area contributed by atoms with Crippen molar-refractivity contribution in [3.63, 3.8) is 0 Å². The molecule has 0 spiro atoms. The average molecular weight is 588 g/mol. The van der Waals surface area contributed by atoms with Crippen molar-refractivity contribution in [2.75, 3.05) is 21.2 Å². The zero-order chi connectivity index (χ0) is 31.2. The van der Waals surface area contributed by atoms with E-state index in [1.54, 1.807) is 27.9 Å². The molecule has 0 amide bonds. The molecule has 2 saturated heterocycles. The van der Waals surface area contributed by atoms with Crippen molar-refractivity contribution < 1.29 is 43.9 Å². The molecule has 2 rings (SSSR count). The van der Waals surface area contributed by atoms with E-state index in [4.69, 9.17) is 18.9 Å². The van der Waals surface area contributed by atoms with Crippen LogP contribution in [0.1, 0.15) is 80.6 Å². The maximum Gasteiger partial charge on any atom is 0.311 e. The lowest BCUT2D eigenvalue weighted by Crippen LogP contribution is -2.57.